The van der Waals surface area contributed by atoms with Crippen LogP contribution in [0.25, 0.3) is 0 Å². The lowest BCUT2D eigenvalue weighted by molar-refractivity contribution is 0.604. The second kappa shape index (κ2) is 8.29. The van der Waals surface area contributed by atoms with Gasteiger partial charge in [-0.2, -0.15) is 0 Å². The smallest absolute Gasteiger partial charge is 0.191 e. The van der Waals surface area contributed by atoms with Crippen LogP contribution >= 0.6 is 24.0 Å². The molecule has 1 saturated carbocycles. The van der Waals surface area contributed by atoms with Gasteiger partial charge in [-0.3, -0.25) is 4.99 Å². The van der Waals surface area contributed by atoms with E-state index in [1.165, 1.54) is 11.6 Å². The zero-order valence-electron chi connectivity index (χ0n) is 13.0. The predicted octanol–water partition coefficient (Wildman–Crippen LogP) is 3.66. The molecule has 0 amide bonds. The highest BCUT2D eigenvalue weighted by molar-refractivity contribution is 14.0. The first-order valence-corrected chi connectivity index (χ1v) is 7.53. The van der Waals surface area contributed by atoms with Crippen LogP contribution in [0.1, 0.15) is 23.5 Å². The Morgan fingerprint density at radius 2 is 1.83 bits per heavy atom. The van der Waals surface area contributed by atoms with Gasteiger partial charge in [0.15, 0.2) is 5.96 Å². The van der Waals surface area contributed by atoms with E-state index in [1.54, 1.807) is 19.2 Å². The van der Waals surface area contributed by atoms with E-state index in [9.17, 15) is 4.39 Å². The summed E-state index contributed by atoms with van der Waals surface area (Å²) in [6.07, 6.45) is 1.10. The summed E-state index contributed by atoms with van der Waals surface area (Å²) < 4.78 is 13.6. The summed E-state index contributed by atoms with van der Waals surface area (Å²) >= 11 is 0. The van der Waals surface area contributed by atoms with Gasteiger partial charge >= 0.3 is 0 Å². The van der Waals surface area contributed by atoms with Gasteiger partial charge in [-0.05, 0) is 18.1 Å². The van der Waals surface area contributed by atoms with Crippen molar-refractivity contribution < 1.29 is 4.39 Å². The Kier molecular flexibility index (Phi) is 6.38. The Balaban J connectivity index is 0.00000192. The van der Waals surface area contributed by atoms with E-state index < -0.39 is 0 Å². The summed E-state index contributed by atoms with van der Waals surface area (Å²) in [6, 6.07) is 17.6. The van der Waals surface area contributed by atoms with Crippen molar-refractivity contribution in [3.63, 3.8) is 0 Å². The van der Waals surface area contributed by atoms with Crippen molar-refractivity contribution in [3.05, 3.63) is 71.5 Å². The van der Waals surface area contributed by atoms with Gasteiger partial charge in [0, 0.05) is 31.1 Å². The molecule has 5 heteroatoms. The number of halogens is 2. The van der Waals surface area contributed by atoms with Crippen molar-refractivity contribution in [2.24, 2.45) is 4.99 Å². The Bertz CT molecular complexity index is 660. The summed E-state index contributed by atoms with van der Waals surface area (Å²) in [7, 11) is 1.73. The maximum absolute atomic E-state index is 13.6. The van der Waals surface area contributed by atoms with Crippen LogP contribution in [-0.2, 0) is 6.54 Å². The van der Waals surface area contributed by atoms with Crippen LogP contribution in [0.15, 0.2) is 59.6 Å². The fraction of sp³-hybridized carbons (Fsp3) is 0.278. The third kappa shape index (κ3) is 4.67. The average molecular weight is 425 g/mol. The van der Waals surface area contributed by atoms with Crippen LogP contribution in [0.2, 0.25) is 0 Å². The number of rotatable bonds is 4. The van der Waals surface area contributed by atoms with E-state index in [2.05, 4.69) is 39.9 Å². The zero-order chi connectivity index (χ0) is 15.4. The fourth-order valence-electron chi connectivity index (χ4n) is 2.61. The SMILES string of the molecule is CN=C(NCc1ccccc1F)NC1CC1c1ccccc1.I. The minimum Gasteiger partial charge on any atom is -0.353 e. The molecule has 23 heavy (non-hydrogen) atoms. The lowest BCUT2D eigenvalue weighted by Gasteiger charge is -2.12. The molecule has 122 valence electrons. The molecule has 2 N–H and O–H groups in total. The zero-order valence-corrected chi connectivity index (χ0v) is 15.3. The number of hydrogen-bond donors (Lipinski definition) is 2. The molecule has 3 nitrogen and oxygen atoms in total. The summed E-state index contributed by atoms with van der Waals surface area (Å²) in [5.74, 6) is 1.05. The number of aliphatic imine (C=N–C) groups is 1. The molecule has 0 aromatic heterocycles. The summed E-state index contributed by atoms with van der Waals surface area (Å²) in [5.41, 5.74) is 1.99. The molecule has 2 aromatic carbocycles. The van der Waals surface area contributed by atoms with Crippen molar-refractivity contribution in [3.8, 4) is 0 Å². The highest BCUT2D eigenvalue weighted by Crippen LogP contribution is 2.40. The van der Waals surface area contributed by atoms with Gasteiger partial charge in [-0.15, -0.1) is 24.0 Å². The average Bonchev–Trinajstić information content (AvgIpc) is 3.33. The van der Waals surface area contributed by atoms with Crippen molar-refractivity contribution in [1.82, 2.24) is 10.6 Å². The molecular formula is C18H21FIN3. The molecule has 2 atom stereocenters. The number of nitrogens with zero attached hydrogens (tertiary/aromatic N) is 1. The Morgan fingerprint density at radius 3 is 2.52 bits per heavy atom. The quantitative estimate of drug-likeness (QED) is 0.446. The third-order valence-corrected chi connectivity index (χ3v) is 3.97. The van der Waals surface area contributed by atoms with E-state index in [4.69, 9.17) is 0 Å². The van der Waals surface area contributed by atoms with Crippen LogP contribution in [0.4, 0.5) is 4.39 Å². The maximum Gasteiger partial charge on any atom is 0.191 e. The van der Waals surface area contributed by atoms with Crippen LogP contribution in [-0.4, -0.2) is 19.0 Å². The second-order valence-electron chi connectivity index (χ2n) is 5.52. The highest BCUT2D eigenvalue weighted by Gasteiger charge is 2.38. The highest BCUT2D eigenvalue weighted by atomic mass is 127. The minimum absolute atomic E-state index is 0. The first kappa shape index (κ1) is 17.7. The maximum atomic E-state index is 13.6. The lowest BCUT2D eigenvalue weighted by atomic mass is 10.1. The van der Waals surface area contributed by atoms with E-state index in [0.717, 1.165) is 6.42 Å². The molecule has 0 spiro atoms. The van der Waals surface area contributed by atoms with E-state index in [0.29, 0.717) is 30.0 Å². The molecule has 1 fully saturated rings. The lowest BCUT2D eigenvalue weighted by Crippen LogP contribution is -2.38. The van der Waals surface area contributed by atoms with E-state index >= 15 is 0 Å². The first-order valence-electron chi connectivity index (χ1n) is 7.53. The first-order chi connectivity index (χ1) is 10.8. The molecule has 2 aromatic rings. The summed E-state index contributed by atoms with van der Waals surface area (Å²) in [4.78, 5) is 4.21. The molecule has 3 rings (SSSR count). The van der Waals surface area contributed by atoms with Gasteiger partial charge in [0.1, 0.15) is 5.82 Å². The molecule has 0 heterocycles. The largest absolute Gasteiger partial charge is 0.353 e. The number of nitrogens with one attached hydrogen (secondary N) is 2. The van der Waals surface area contributed by atoms with Crippen LogP contribution < -0.4 is 10.6 Å². The molecule has 0 aliphatic heterocycles. The molecule has 2 unspecified atom stereocenters. The van der Waals surface area contributed by atoms with Crippen molar-refractivity contribution in [2.45, 2.75) is 24.9 Å². The standard InChI is InChI=1S/C18H20FN3.HI/c1-20-18(21-12-14-9-5-6-10-16(14)19)22-17-11-15(17)13-7-3-2-4-8-13;/h2-10,15,17H,11-12H2,1H3,(H2,20,21,22);1H. The summed E-state index contributed by atoms with van der Waals surface area (Å²) in [5, 5.41) is 6.56. The second-order valence-corrected chi connectivity index (χ2v) is 5.52. The monoisotopic (exact) mass is 425 g/mol. The molecule has 1 aliphatic carbocycles. The van der Waals surface area contributed by atoms with Crippen molar-refractivity contribution >= 4 is 29.9 Å². The minimum atomic E-state index is -0.195. The van der Waals surface area contributed by atoms with Gasteiger partial charge in [-0.25, -0.2) is 4.39 Å². The number of hydrogen-bond acceptors (Lipinski definition) is 1. The van der Waals surface area contributed by atoms with E-state index in [-0.39, 0.29) is 29.8 Å². The summed E-state index contributed by atoms with van der Waals surface area (Å²) in [6.45, 7) is 0.426. The van der Waals surface area contributed by atoms with Crippen molar-refractivity contribution in [1.29, 1.82) is 0 Å². The van der Waals surface area contributed by atoms with Gasteiger partial charge in [0.2, 0.25) is 0 Å². The van der Waals surface area contributed by atoms with Crippen molar-refractivity contribution in [2.75, 3.05) is 7.05 Å². The molecular weight excluding hydrogens is 404 g/mol. The van der Waals surface area contributed by atoms with Crippen LogP contribution in [0.3, 0.4) is 0 Å². The van der Waals surface area contributed by atoms with E-state index in [1.807, 2.05) is 12.1 Å². The van der Waals surface area contributed by atoms with Crippen LogP contribution in [0.5, 0.6) is 0 Å². The molecule has 0 radical (unpaired) electrons. The van der Waals surface area contributed by atoms with Gasteiger partial charge in [-0.1, -0.05) is 48.5 Å². The Morgan fingerprint density at radius 1 is 1.13 bits per heavy atom. The van der Waals surface area contributed by atoms with Gasteiger partial charge in [0.05, 0.1) is 0 Å². The number of benzene rings is 2. The Labute approximate surface area is 153 Å². The topological polar surface area (TPSA) is 36.4 Å². The third-order valence-electron chi connectivity index (χ3n) is 3.97. The van der Waals surface area contributed by atoms with Gasteiger partial charge < -0.3 is 10.6 Å². The molecule has 1 aliphatic rings. The predicted molar refractivity (Wildman–Crippen MR) is 103 cm³/mol. The molecule has 0 saturated heterocycles. The normalized spacial score (nSPS) is 19.7. The van der Waals surface area contributed by atoms with Gasteiger partial charge in [0.25, 0.3) is 0 Å². The fourth-order valence-corrected chi connectivity index (χ4v) is 2.61. The Hall–Kier alpha value is -1.63. The van der Waals surface area contributed by atoms with Crippen LogP contribution in [0, 0.1) is 5.82 Å². The number of guanidine groups is 1. The molecule has 0 bridgehead atoms.